The van der Waals surface area contributed by atoms with Crippen LogP contribution in [-0.2, 0) is 17.7 Å². The number of guanidine groups is 1. The summed E-state index contributed by atoms with van der Waals surface area (Å²) in [6.45, 7) is 4.98. The van der Waals surface area contributed by atoms with Gasteiger partial charge in [-0.05, 0) is 31.0 Å². The molecule has 0 amide bonds. The van der Waals surface area contributed by atoms with Crippen LogP contribution in [0.3, 0.4) is 0 Å². The average molecular weight is 392 g/mol. The van der Waals surface area contributed by atoms with E-state index >= 15 is 0 Å². The van der Waals surface area contributed by atoms with Crippen molar-refractivity contribution in [1.29, 1.82) is 0 Å². The van der Waals surface area contributed by atoms with E-state index in [0.717, 1.165) is 36.6 Å². The largest absolute Gasteiger partial charge is 0.475 e. The highest BCUT2D eigenvalue weighted by molar-refractivity contribution is 6.29. The summed E-state index contributed by atoms with van der Waals surface area (Å²) in [7, 11) is 1.64. The lowest BCUT2D eigenvalue weighted by Crippen LogP contribution is -2.38. The Balaban J connectivity index is 1.91. The number of hydrogen-bond donors (Lipinski definition) is 2. The number of nitrogens with one attached hydrogen (secondary N) is 2. The number of hydrogen-bond acceptors (Lipinski definition) is 5. The smallest absolute Gasteiger partial charge is 0.218 e. The lowest BCUT2D eigenvalue weighted by molar-refractivity contribution is 0.143. The van der Waals surface area contributed by atoms with E-state index in [4.69, 9.17) is 21.1 Å². The number of aromatic nitrogens is 2. The number of methoxy groups -OCH3 is 1. The summed E-state index contributed by atoms with van der Waals surface area (Å²) in [4.78, 5) is 13.0. The molecule has 7 nitrogen and oxygen atoms in total. The third-order valence-corrected chi connectivity index (χ3v) is 3.85. The lowest BCUT2D eigenvalue weighted by Gasteiger charge is -2.12. The Kier molecular flexibility index (Phi) is 9.37. The van der Waals surface area contributed by atoms with E-state index in [9.17, 15) is 0 Å². The van der Waals surface area contributed by atoms with E-state index in [0.29, 0.717) is 30.8 Å². The predicted octanol–water partition coefficient (Wildman–Crippen LogP) is 2.45. The molecule has 27 heavy (non-hydrogen) atoms. The molecule has 0 spiro atoms. The normalized spacial score (nSPS) is 11.3. The average Bonchev–Trinajstić information content (AvgIpc) is 2.68. The van der Waals surface area contributed by atoms with Gasteiger partial charge in [-0.2, -0.15) is 0 Å². The van der Waals surface area contributed by atoms with Gasteiger partial charge in [-0.1, -0.05) is 23.7 Å². The maximum absolute atomic E-state index is 5.81. The van der Waals surface area contributed by atoms with Gasteiger partial charge in [0, 0.05) is 38.2 Å². The Morgan fingerprint density at radius 2 is 2.07 bits per heavy atom. The Hall–Kier alpha value is -2.38. The van der Waals surface area contributed by atoms with Crippen molar-refractivity contribution in [3.8, 4) is 5.88 Å². The molecule has 0 saturated carbocycles. The van der Waals surface area contributed by atoms with Gasteiger partial charge >= 0.3 is 0 Å². The Labute approximate surface area is 165 Å². The number of ether oxygens (including phenoxy) is 2. The van der Waals surface area contributed by atoms with Crippen LogP contribution in [0.1, 0.15) is 18.1 Å². The summed E-state index contributed by atoms with van der Waals surface area (Å²) < 4.78 is 10.7. The molecule has 146 valence electrons. The van der Waals surface area contributed by atoms with Gasteiger partial charge in [0.15, 0.2) is 5.96 Å². The SMILES string of the molecule is CCNC(=NCc1cccnc1OCCOC)NCCc1ccc(Cl)nc1. The number of pyridine rings is 2. The van der Waals surface area contributed by atoms with Crippen molar-refractivity contribution in [3.05, 3.63) is 52.9 Å². The van der Waals surface area contributed by atoms with Crippen molar-refractivity contribution in [2.45, 2.75) is 19.9 Å². The van der Waals surface area contributed by atoms with Gasteiger partial charge < -0.3 is 20.1 Å². The van der Waals surface area contributed by atoms with Gasteiger partial charge in [0.1, 0.15) is 11.8 Å². The van der Waals surface area contributed by atoms with Crippen molar-refractivity contribution >= 4 is 17.6 Å². The second-order valence-corrected chi connectivity index (χ2v) is 6.06. The van der Waals surface area contributed by atoms with Gasteiger partial charge in [-0.3, -0.25) is 0 Å². The summed E-state index contributed by atoms with van der Waals surface area (Å²) in [5.41, 5.74) is 2.04. The van der Waals surface area contributed by atoms with Crippen molar-refractivity contribution in [1.82, 2.24) is 20.6 Å². The Morgan fingerprint density at radius 3 is 2.81 bits per heavy atom. The number of halogens is 1. The standard InChI is InChI=1S/C19H26ClN5O2/c1-3-21-19(23-10-8-15-6-7-17(20)24-13-15)25-14-16-5-4-9-22-18(16)27-12-11-26-2/h4-7,9,13H,3,8,10-12,14H2,1-2H3,(H2,21,23,25). The van der Waals surface area contributed by atoms with Crippen LogP contribution < -0.4 is 15.4 Å². The molecule has 0 aliphatic rings. The van der Waals surface area contributed by atoms with Crippen LogP contribution >= 0.6 is 11.6 Å². The molecule has 2 rings (SSSR count). The van der Waals surface area contributed by atoms with Crippen LogP contribution in [0.4, 0.5) is 0 Å². The molecule has 0 aliphatic heterocycles. The third kappa shape index (κ3) is 7.80. The summed E-state index contributed by atoms with van der Waals surface area (Å²) in [6.07, 6.45) is 4.32. The minimum atomic E-state index is 0.456. The van der Waals surface area contributed by atoms with Crippen LogP contribution in [0.15, 0.2) is 41.7 Å². The zero-order chi connectivity index (χ0) is 19.3. The van der Waals surface area contributed by atoms with Gasteiger partial charge in [0.25, 0.3) is 0 Å². The molecule has 2 aromatic heterocycles. The first-order chi connectivity index (χ1) is 13.2. The Bertz CT molecular complexity index is 710. The minimum Gasteiger partial charge on any atom is -0.475 e. The van der Waals surface area contributed by atoms with Crippen LogP contribution in [0.25, 0.3) is 0 Å². The molecule has 8 heteroatoms. The molecule has 0 unspecified atom stereocenters. The fourth-order valence-corrected chi connectivity index (χ4v) is 2.39. The summed E-state index contributed by atoms with van der Waals surface area (Å²) in [6, 6.07) is 7.60. The van der Waals surface area contributed by atoms with E-state index in [1.54, 1.807) is 25.6 Å². The monoisotopic (exact) mass is 391 g/mol. The first kappa shape index (κ1) is 20.9. The Morgan fingerprint density at radius 1 is 1.19 bits per heavy atom. The number of aliphatic imine (C=N–C) groups is 1. The van der Waals surface area contributed by atoms with Crippen LogP contribution in [0.2, 0.25) is 5.15 Å². The van der Waals surface area contributed by atoms with Crippen molar-refractivity contribution in [3.63, 3.8) is 0 Å². The minimum absolute atomic E-state index is 0.456. The van der Waals surface area contributed by atoms with Crippen LogP contribution in [0, 0.1) is 0 Å². The van der Waals surface area contributed by atoms with Crippen molar-refractivity contribution in [2.24, 2.45) is 4.99 Å². The van der Waals surface area contributed by atoms with Crippen LogP contribution in [-0.4, -0.2) is 49.3 Å². The molecular formula is C19H26ClN5O2. The second kappa shape index (κ2) is 12.1. The maximum atomic E-state index is 5.81. The highest BCUT2D eigenvalue weighted by Crippen LogP contribution is 2.15. The molecule has 0 radical (unpaired) electrons. The van der Waals surface area contributed by atoms with Gasteiger partial charge in [-0.25, -0.2) is 15.0 Å². The summed E-state index contributed by atoms with van der Waals surface area (Å²) >= 11 is 5.81. The van der Waals surface area contributed by atoms with Crippen molar-refractivity contribution in [2.75, 3.05) is 33.4 Å². The van der Waals surface area contributed by atoms with E-state index in [-0.39, 0.29) is 0 Å². The molecule has 0 saturated heterocycles. The van der Waals surface area contributed by atoms with E-state index < -0.39 is 0 Å². The fourth-order valence-electron chi connectivity index (χ4n) is 2.28. The highest BCUT2D eigenvalue weighted by Gasteiger charge is 2.05. The molecule has 0 fully saturated rings. The molecule has 2 heterocycles. The van der Waals surface area contributed by atoms with Gasteiger partial charge in [0.05, 0.1) is 13.2 Å². The molecule has 0 atom stereocenters. The molecule has 2 aromatic rings. The second-order valence-electron chi connectivity index (χ2n) is 5.67. The first-order valence-corrected chi connectivity index (χ1v) is 9.29. The molecule has 0 bridgehead atoms. The zero-order valence-electron chi connectivity index (χ0n) is 15.7. The topological polar surface area (TPSA) is 80.7 Å². The van der Waals surface area contributed by atoms with E-state index in [1.807, 2.05) is 25.1 Å². The first-order valence-electron chi connectivity index (χ1n) is 8.91. The summed E-state index contributed by atoms with van der Waals surface area (Å²) in [5, 5.41) is 7.07. The molecule has 2 N–H and O–H groups in total. The highest BCUT2D eigenvalue weighted by atomic mass is 35.5. The third-order valence-electron chi connectivity index (χ3n) is 3.62. The van der Waals surface area contributed by atoms with Crippen LogP contribution in [0.5, 0.6) is 5.88 Å². The molecule has 0 aliphatic carbocycles. The predicted molar refractivity (Wildman–Crippen MR) is 107 cm³/mol. The van der Waals surface area contributed by atoms with Crippen molar-refractivity contribution < 1.29 is 9.47 Å². The van der Waals surface area contributed by atoms with Gasteiger partial charge in [0.2, 0.25) is 5.88 Å². The van der Waals surface area contributed by atoms with E-state index in [2.05, 4.69) is 25.6 Å². The quantitative estimate of drug-likeness (QED) is 0.280. The summed E-state index contributed by atoms with van der Waals surface area (Å²) in [5.74, 6) is 1.33. The lowest BCUT2D eigenvalue weighted by atomic mass is 10.2. The fraction of sp³-hybridized carbons (Fsp3) is 0.421. The van der Waals surface area contributed by atoms with E-state index in [1.165, 1.54) is 0 Å². The zero-order valence-corrected chi connectivity index (χ0v) is 16.5. The van der Waals surface area contributed by atoms with Gasteiger partial charge in [-0.15, -0.1) is 0 Å². The molecule has 0 aromatic carbocycles. The number of nitrogens with zero attached hydrogens (tertiary/aromatic N) is 3. The molecular weight excluding hydrogens is 366 g/mol. The maximum Gasteiger partial charge on any atom is 0.218 e. The number of rotatable bonds is 10.